The number of nitrogens with one attached hydrogen (secondary N) is 2. The molecular weight excluding hydrogens is 434 g/mol. The number of hydrogen-bond acceptors (Lipinski definition) is 8. The molecule has 0 amide bonds. The summed E-state index contributed by atoms with van der Waals surface area (Å²) in [5.41, 5.74) is 4.32. The number of aryl methyl sites for hydroxylation is 1. The highest BCUT2D eigenvalue weighted by atomic mass is 16.5. The van der Waals surface area contributed by atoms with Crippen molar-refractivity contribution in [1.82, 2.24) is 30.2 Å². The molecule has 1 saturated heterocycles. The Kier molecular flexibility index (Phi) is 5.06. The van der Waals surface area contributed by atoms with Gasteiger partial charge in [0.25, 0.3) is 0 Å². The van der Waals surface area contributed by atoms with Crippen LogP contribution in [-0.4, -0.2) is 42.9 Å². The number of hydrogen-bond donors (Lipinski definition) is 2. The minimum Gasteiger partial charge on any atom is -0.464 e. The van der Waals surface area contributed by atoms with E-state index in [1.54, 1.807) is 11.0 Å². The number of fused-ring (bicyclic) bond motifs is 2. The van der Waals surface area contributed by atoms with Crippen LogP contribution in [0.15, 0.2) is 58.2 Å². The molecule has 1 aliphatic heterocycles. The maximum atomic E-state index is 13.6. The molecule has 0 bridgehead atoms. The van der Waals surface area contributed by atoms with Crippen LogP contribution >= 0.6 is 0 Å². The molecule has 2 unspecified atom stereocenters. The Bertz CT molecular complexity index is 1530. The molecule has 2 atom stereocenters. The maximum absolute atomic E-state index is 13.6. The Hall–Kier alpha value is -4.05. The molecule has 1 aliphatic rings. The van der Waals surface area contributed by atoms with Crippen molar-refractivity contribution >= 4 is 27.7 Å². The molecule has 5 aromatic rings. The number of anilines is 1. The number of tetrazole rings is 1. The lowest BCUT2D eigenvalue weighted by Crippen LogP contribution is -2.26. The van der Waals surface area contributed by atoms with Crippen molar-refractivity contribution in [3.63, 3.8) is 0 Å². The Labute approximate surface area is 193 Å². The van der Waals surface area contributed by atoms with Crippen molar-refractivity contribution in [2.75, 3.05) is 11.9 Å². The number of aromatic nitrogens is 6. The Morgan fingerprint density at radius 1 is 1.26 bits per heavy atom. The number of imidazole rings is 1. The zero-order valence-corrected chi connectivity index (χ0v) is 18.6. The van der Waals surface area contributed by atoms with Crippen LogP contribution in [0.1, 0.15) is 35.8 Å². The average Bonchev–Trinajstić information content (AvgIpc) is 3.61. The molecule has 172 valence electrons. The van der Waals surface area contributed by atoms with E-state index in [0.717, 1.165) is 41.7 Å². The molecule has 10 nitrogen and oxygen atoms in total. The summed E-state index contributed by atoms with van der Waals surface area (Å²) in [4.78, 5) is 21.0. The van der Waals surface area contributed by atoms with Crippen molar-refractivity contribution in [1.29, 1.82) is 0 Å². The van der Waals surface area contributed by atoms with Gasteiger partial charge in [0.2, 0.25) is 0 Å². The molecule has 4 heterocycles. The van der Waals surface area contributed by atoms with E-state index in [4.69, 9.17) is 9.15 Å². The van der Waals surface area contributed by atoms with E-state index in [9.17, 15) is 4.79 Å². The summed E-state index contributed by atoms with van der Waals surface area (Å²) >= 11 is 0. The van der Waals surface area contributed by atoms with Crippen molar-refractivity contribution in [3.05, 3.63) is 76.2 Å². The lowest BCUT2D eigenvalue weighted by Gasteiger charge is -2.20. The van der Waals surface area contributed by atoms with E-state index in [1.807, 2.05) is 43.3 Å². The number of rotatable bonds is 6. The van der Waals surface area contributed by atoms with Gasteiger partial charge in [-0.05, 0) is 60.5 Å². The standard InChI is InChI=1S/C24H23N7O3/c1-14-4-7-21-17(9-14)23(32)18(12-34-21)22(27-15-5-6-19-20(10-15)26-13-25-19)24-28-29-30-31(24)11-16-3-2-8-33-16/h4-7,9-10,12-13,16,22,27H,2-3,8,11H2,1H3,(H,25,26). The fourth-order valence-electron chi connectivity index (χ4n) is 4.46. The topological polar surface area (TPSA) is 124 Å². The van der Waals surface area contributed by atoms with E-state index in [1.165, 1.54) is 6.26 Å². The normalized spacial score (nSPS) is 16.9. The smallest absolute Gasteiger partial charge is 0.198 e. The molecule has 1 fully saturated rings. The second-order valence-corrected chi connectivity index (χ2v) is 8.59. The monoisotopic (exact) mass is 457 g/mol. The first-order chi connectivity index (χ1) is 16.7. The fraction of sp³-hybridized carbons (Fsp3) is 0.292. The molecule has 2 N–H and O–H groups in total. The van der Waals surface area contributed by atoms with Crippen LogP contribution in [0.25, 0.3) is 22.0 Å². The van der Waals surface area contributed by atoms with Gasteiger partial charge in [-0.3, -0.25) is 4.79 Å². The van der Waals surface area contributed by atoms with Crippen molar-refractivity contribution in [3.8, 4) is 0 Å². The lowest BCUT2D eigenvalue weighted by atomic mass is 10.0. The van der Waals surface area contributed by atoms with Crippen molar-refractivity contribution in [2.24, 2.45) is 0 Å². The van der Waals surface area contributed by atoms with Gasteiger partial charge in [0, 0.05) is 12.3 Å². The van der Waals surface area contributed by atoms with Crippen LogP contribution in [0, 0.1) is 6.92 Å². The predicted octanol–water partition coefficient (Wildman–Crippen LogP) is 3.34. The van der Waals surface area contributed by atoms with Crippen molar-refractivity contribution < 1.29 is 9.15 Å². The highest BCUT2D eigenvalue weighted by Crippen LogP contribution is 2.27. The Morgan fingerprint density at radius 2 is 2.21 bits per heavy atom. The fourth-order valence-corrected chi connectivity index (χ4v) is 4.46. The quantitative estimate of drug-likeness (QED) is 0.398. The summed E-state index contributed by atoms with van der Waals surface area (Å²) in [6.45, 7) is 3.20. The minimum atomic E-state index is -0.644. The third-order valence-corrected chi connectivity index (χ3v) is 6.22. The van der Waals surface area contributed by atoms with Gasteiger partial charge in [-0.15, -0.1) is 5.10 Å². The third-order valence-electron chi connectivity index (χ3n) is 6.22. The van der Waals surface area contributed by atoms with E-state index in [2.05, 4.69) is 30.8 Å². The van der Waals surface area contributed by atoms with Gasteiger partial charge in [0.1, 0.15) is 17.9 Å². The summed E-state index contributed by atoms with van der Waals surface area (Å²) in [5, 5.41) is 16.4. The molecule has 0 spiro atoms. The van der Waals surface area contributed by atoms with Gasteiger partial charge in [-0.2, -0.15) is 0 Å². The third kappa shape index (κ3) is 3.71. The van der Waals surface area contributed by atoms with E-state index in [0.29, 0.717) is 28.9 Å². The summed E-state index contributed by atoms with van der Waals surface area (Å²) in [6, 6.07) is 10.7. The molecular formula is C24H23N7O3. The first-order valence-corrected chi connectivity index (χ1v) is 11.2. The maximum Gasteiger partial charge on any atom is 0.198 e. The summed E-state index contributed by atoms with van der Waals surface area (Å²) in [5.74, 6) is 0.511. The molecule has 3 aromatic heterocycles. The van der Waals surface area contributed by atoms with Gasteiger partial charge in [0.15, 0.2) is 11.3 Å². The summed E-state index contributed by atoms with van der Waals surface area (Å²) in [7, 11) is 0. The Balaban J connectivity index is 1.46. The summed E-state index contributed by atoms with van der Waals surface area (Å²) in [6.07, 6.45) is 5.15. The predicted molar refractivity (Wildman–Crippen MR) is 126 cm³/mol. The number of H-pyrrole nitrogens is 1. The zero-order chi connectivity index (χ0) is 23.1. The van der Waals surface area contributed by atoms with Crippen LogP contribution in [0.4, 0.5) is 5.69 Å². The highest BCUT2D eigenvalue weighted by molar-refractivity contribution is 5.80. The number of ether oxygens (including phenoxy) is 1. The van der Waals surface area contributed by atoms with Gasteiger partial charge >= 0.3 is 0 Å². The molecule has 10 heteroatoms. The first kappa shape index (κ1) is 20.5. The first-order valence-electron chi connectivity index (χ1n) is 11.2. The number of aromatic amines is 1. The van der Waals surface area contributed by atoms with Crippen LogP contribution < -0.4 is 10.7 Å². The summed E-state index contributed by atoms with van der Waals surface area (Å²) < 4.78 is 13.4. The number of benzene rings is 2. The van der Waals surface area contributed by atoms with Crippen LogP contribution in [0.3, 0.4) is 0 Å². The van der Waals surface area contributed by atoms with Gasteiger partial charge in [-0.25, -0.2) is 9.67 Å². The molecule has 2 aromatic carbocycles. The minimum absolute atomic E-state index is 0.0407. The Morgan fingerprint density at radius 3 is 3.09 bits per heavy atom. The molecule has 0 radical (unpaired) electrons. The van der Waals surface area contributed by atoms with Gasteiger partial charge in [-0.1, -0.05) is 11.6 Å². The zero-order valence-electron chi connectivity index (χ0n) is 18.6. The molecule has 0 saturated carbocycles. The van der Waals surface area contributed by atoms with E-state index >= 15 is 0 Å². The van der Waals surface area contributed by atoms with E-state index < -0.39 is 6.04 Å². The largest absolute Gasteiger partial charge is 0.464 e. The van der Waals surface area contributed by atoms with Crippen molar-refractivity contribution in [2.45, 2.75) is 38.5 Å². The van der Waals surface area contributed by atoms with Gasteiger partial charge in [0.05, 0.1) is 41.0 Å². The SMILES string of the molecule is Cc1ccc2occ(C(Nc3ccc4[nH]cnc4c3)c3nnnn3CC3CCCO3)c(=O)c2c1. The highest BCUT2D eigenvalue weighted by Gasteiger charge is 2.28. The second kappa shape index (κ2) is 8.38. The molecule has 34 heavy (non-hydrogen) atoms. The van der Waals surface area contributed by atoms with Crippen LogP contribution in [0.2, 0.25) is 0 Å². The van der Waals surface area contributed by atoms with Gasteiger partial charge < -0.3 is 19.5 Å². The second-order valence-electron chi connectivity index (χ2n) is 8.59. The van der Waals surface area contributed by atoms with Crippen LogP contribution in [-0.2, 0) is 11.3 Å². The number of nitrogens with zero attached hydrogens (tertiary/aromatic N) is 5. The average molecular weight is 457 g/mol. The van der Waals surface area contributed by atoms with Crippen LogP contribution in [0.5, 0.6) is 0 Å². The molecule has 6 rings (SSSR count). The van der Waals surface area contributed by atoms with E-state index in [-0.39, 0.29) is 11.5 Å². The lowest BCUT2D eigenvalue weighted by molar-refractivity contribution is 0.0925. The molecule has 0 aliphatic carbocycles.